The Bertz CT molecular complexity index is 655. The molecule has 26 heavy (non-hydrogen) atoms. The van der Waals surface area contributed by atoms with E-state index in [1.165, 1.54) is 7.11 Å². The van der Waals surface area contributed by atoms with Gasteiger partial charge in [0.05, 0.1) is 25.3 Å². The van der Waals surface area contributed by atoms with Crippen LogP contribution in [0.4, 0.5) is 0 Å². The molecule has 0 bridgehead atoms. The van der Waals surface area contributed by atoms with Crippen LogP contribution in [0.25, 0.3) is 0 Å². The molecular weight excluding hydrogens is 338 g/mol. The van der Waals surface area contributed by atoms with Crippen LogP contribution in [0.15, 0.2) is 18.2 Å². The van der Waals surface area contributed by atoms with Crippen molar-refractivity contribution in [3.63, 3.8) is 0 Å². The maximum atomic E-state index is 13.1. The van der Waals surface area contributed by atoms with Gasteiger partial charge in [-0.3, -0.25) is 4.79 Å². The fourth-order valence-electron chi connectivity index (χ4n) is 3.42. The molecule has 7 nitrogen and oxygen atoms in total. The summed E-state index contributed by atoms with van der Waals surface area (Å²) < 4.78 is 21.4. The second-order valence-electron chi connectivity index (χ2n) is 6.59. The predicted octanol–water partition coefficient (Wildman–Crippen LogP) is 1.64. The number of carbonyl (C=O) groups is 2. The fourth-order valence-corrected chi connectivity index (χ4v) is 3.42. The SMILES string of the molecule is COC[C@@H]1COc2cc(C(=O)OC)ccc2CN1C(=O)C1CCOCC1. The molecule has 0 N–H and O–H groups in total. The number of carbonyl (C=O) groups excluding carboxylic acids is 2. The first-order valence-electron chi connectivity index (χ1n) is 8.85. The predicted molar refractivity (Wildman–Crippen MR) is 93.0 cm³/mol. The third kappa shape index (κ3) is 3.99. The van der Waals surface area contributed by atoms with E-state index in [4.69, 9.17) is 18.9 Å². The molecule has 1 saturated heterocycles. The molecule has 0 aromatic heterocycles. The zero-order chi connectivity index (χ0) is 18.5. The van der Waals surface area contributed by atoms with Crippen LogP contribution in [0.2, 0.25) is 0 Å². The summed E-state index contributed by atoms with van der Waals surface area (Å²) in [5, 5.41) is 0. The van der Waals surface area contributed by atoms with E-state index >= 15 is 0 Å². The highest BCUT2D eigenvalue weighted by atomic mass is 16.5. The van der Waals surface area contributed by atoms with Crippen LogP contribution in [0, 0.1) is 5.92 Å². The van der Waals surface area contributed by atoms with Crippen molar-refractivity contribution in [3.8, 4) is 5.75 Å². The zero-order valence-electron chi connectivity index (χ0n) is 15.2. The lowest BCUT2D eigenvalue weighted by Gasteiger charge is -2.33. The first kappa shape index (κ1) is 18.7. The Morgan fingerprint density at radius 1 is 1.23 bits per heavy atom. The van der Waals surface area contributed by atoms with Crippen LogP contribution < -0.4 is 4.74 Å². The Balaban J connectivity index is 1.85. The van der Waals surface area contributed by atoms with E-state index in [2.05, 4.69) is 0 Å². The van der Waals surface area contributed by atoms with Gasteiger partial charge in [0.15, 0.2) is 0 Å². The lowest BCUT2D eigenvalue weighted by Crippen LogP contribution is -2.47. The standard InChI is InChI=1S/C19H25NO6/c1-23-11-16-12-26-17-9-14(19(22)24-2)3-4-15(17)10-20(16)18(21)13-5-7-25-8-6-13/h3-4,9,13,16H,5-8,10-12H2,1-2H3/t16-/m1/s1. The summed E-state index contributed by atoms with van der Waals surface area (Å²) >= 11 is 0. The van der Waals surface area contributed by atoms with Gasteiger partial charge >= 0.3 is 5.97 Å². The second-order valence-corrected chi connectivity index (χ2v) is 6.59. The molecule has 2 aliphatic heterocycles. The van der Waals surface area contributed by atoms with E-state index in [-0.39, 0.29) is 17.9 Å². The number of hydrogen-bond donors (Lipinski definition) is 0. The average Bonchev–Trinajstić information content (AvgIpc) is 2.87. The van der Waals surface area contributed by atoms with Crippen molar-refractivity contribution in [2.45, 2.75) is 25.4 Å². The molecule has 1 atom stereocenters. The van der Waals surface area contributed by atoms with Gasteiger partial charge in [0, 0.05) is 38.3 Å². The summed E-state index contributed by atoms with van der Waals surface area (Å²) in [4.78, 5) is 26.7. The third-order valence-corrected chi connectivity index (χ3v) is 4.91. The van der Waals surface area contributed by atoms with Crippen molar-refractivity contribution in [2.24, 2.45) is 5.92 Å². The molecular formula is C19H25NO6. The Morgan fingerprint density at radius 3 is 2.69 bits per heavy atom. The molecule has 0 spiro atoms. The quantitative estimate of drug-likeness (QED) is 0.757. The molecule has 3 rings (SSSR count). The topological polar surface area (TPSA) is 74.3 Å². The lowest BCUT2D eigenvalue weighted by molar-refractivity contribution is -0.143. The van der Waals surface area contributed by atoms with E-state index in [0.29, 0.717) is 44.3 Å². The summed E-state index contributed by atoms with van der Waals surface area (Å²) in [5.41, 5.74) is 1.30. The summed E-state index contributed by atoms with van der Waals surface area (Å²) in [6.45, 7) is 2.39. The number of amides is 1. The Morgan fingerprint density at radius 2 is 2.00 bits per heavy atom. The number of hydrogen-bond acceptors (Lipinski definition) is 6. The van der Waals surface area contributed by atoms with E-state index in [1.54, 1.807) is 19.2 Å². The minimum Gasteiger partial charge on any atom is -0.491 e. The van der Waals surface area contributed by atoms with Crippen LogP contribution in [0.5, 0.6) is 5.75 Å². The molecule has 0 aliphatic carbocycles. The fraction of sp³-hybridized carbons (Fsp3) is 0.579. The van der Waals surface area contributed by atoms with Gasteiger partial charge in [-0.25, -0.2) is 4.79 Å². The molecule has 2 heterocycles. The van der Waals surface area contributed by atoms with Gasteiger partial charge in [-0.15, -0.1) is 0 Å². The summed E-state index contributed by atoms with van der Waals surface area (Å²) in [6.07, 6.45) is 1.48. The van der Waals surface area contributed by atoms with E-state index in [0.717, 1.165) is 18.4 Å². The molecule has 142 valence electrons. The number of benzene rings is 1. The average molecular weight is 363 g/mol. The Hall–Kier alpha value is -2.12. The van der Waals surface area contributed by atoms with Gasteiger partial charge in [-0.05, 0) is 25.0 Å². The second kappa shape index (κ2) is 8.51. The first-order chi connectivity index (χ1) is 12.6. The normalized spacial score (nSPS) is 20.7. The number of methoxy groups -OCH3 is 2. The van der Waals surface area contributed by atoms with Gasteiger partial charge in [0.1, 0.15) is 12.4 Å². The Labute approximate surface area is 153 Å². The number of nitrogens with zero attached hydrogens (tertiary/aromatic N) is 1. The van der Waals surface area contributed by atoms with Crippen molar-refractivity contribution in [1.29, 1.82) is 0 Å². The van der Waals surface area contributed by atoms with Crippen molar-refractivity contribution < 1.29 is 28.5 Å². The molecule has 1 fully saturated rings. The van der Waals surface area contributed by atoms with E-state index < -0.39 is 5.97 Å². The first-order valence-corrected chi connectivity index (χ1v) is 8.85. The summed E-state index contributed by atoms with van der Waals surface area (Å²) in [7, 11) is 2.96. The van der Waals surface area contributed by atoms with E-state index in [1.807, 2.05) is 11.0 Å². The molecule has 1 amide bonds. The molecule has 7 heteroatoms. The van der Waals surface area contributed by atoms with Crippen LogP contribution >= 0.6 is 0 Å². The van der Waals surface area contributed by atoms with Crippen molar-refractivity contribution in [2.75, 3.05) is 40.6 Å². The highest BCUT2D eigenvalue weighted by molar-refractivity contribution is 5.90. The number of ether oxygens (including phenoxy) is 4. The van der Waals surface area contributed by atoms with Crippen LogP contribution in [0.3, 0.4) is 0 Å². The van der Waals surface area contributed by atoms with Crippen LogP contribution in [-0.4, -0.2) is 63.5 Å². The monoisotopic (exact) mass is 363 g/mol. The Kier molecular flexibility index (Phi) is 6.11. The third-order valence-electron chi connectivity index (χ3n) is 4.91. The highest BCUT2D eigenvalue weighted by Crippen LogP contribution is 2.29. The highest BCUT2D eigenvalue weighted by Gasteiger charge is 2.33. The molecule has 0 saturated carbocycles. The van der Waals surface area contributed by atoms with Gasteiger partial charge in [-0.1, -0.05) is 6.07 Å². The van der Waals surface area contributed by atoms with Crippen molar-refractivity contribution >= 4 is 11.9 Å². The van der Waals surface area contributed by atoms with Crippen molar-refractivity contribution in [1.82, 2.24) is 4.90 Å². The van der Waals surface area contributed by atoms with Crippen molar-refractivity contribution in [3.05, 3.63) is 29.3 Å². The maximum absolute atomic E-state index is 13.1. The minimum atomic E-state index is -0.413. The minimum absolute atomic E-state index is 0.0287. The maximum Gasteiger partial charge on any atom is 0.337 e. The molecule has 0 unspecified atom stereocenters. The number of rotatable bonds is 4. The van der Waals surface area contributed by atoms with Crippen LogP contribution in [-0.2, 0) is 25.5 Å². The zero-order valence-corrected chi connectivity index (χ0v) is 15.2. The smallest absolute Gasteiger partial charge is 0.337 e. The molecule has 1 aromatic rings. The number of fused-ring (bicyclic) bond motifs is 1. The van der Waals surface area contributed by atoms with Gasteiger partial charge in [0.2, 0.25) is 5.91 Å². The largest absolute Gasteiger partial charge is 0.491 e. The van der Waals surface area contributed by atoms with Gasteiger partial charge in [0.25, 0.3) is 0 Å². The van der Waals surface area contributed by atoms with Gasteiger partial charge < -0.3 is 23.8 Å². The summed E-state index contributed by atoms with van der Waals surface area (Å²) in [5.74, 6) is 0.281. The van der Waals surface area contributed by atoms with Crippen LogP contribution in [0.1, 0.15) is 28.8 Å². The lowest BCUT2D eigenvalue weighted by atomic mass is 9.97. The number of esters is 1. The summed E-state index contributed by atoms with van der Waals surface area (Å²) in [6, 6.07) is 5.01. The van der Waals surface area contributed by atoms with E-state index in [9.17, 15) is 9.59 Å². The molecule has 0 radical (unpaired) electrons. The van der Waals surface area contributed by atoms with Gasteiger partial charge in [-0.2, -0.15) is 0 Å². The molecule has 1 aromatic carbocycles. The molecule has 2 aliphatic rings.